The summed E-state index contributed by atoms with van der Waals surface area (Å²) in [5.41, 5.74) is 0.728. The summed E-state index contributed by atoms with van der Waals surface area (Å²) < 4.78 is 38.5. The first-order valence-electron chi connectivity index (χ1n) is 5.44. The summed E-state index contributed by atoms with van der Waals surface area (Å²) in [6.07, 6.45) is 0.995. The fraction of sp³-hybridized carbons (Fsp3) is 0.455. The monoisotopic (exact) mass is 260 g/mol. The summed E-state index contributed by atoms with van der Waals surface area (Å²) in [6, 6.07) is 4.13. The molecular weight excluding hydrogens is 243 g/mol. The molecule has 0 aliphatic carbocycles. The molecule has 0 aromatic heterocycles. The van der Waals surface area contributed by atoms with E-state index in [1.165, 1.54) is 19.2 Å². The van der Waals surface area contributed by atoms with Crippen LogP contribution in [0.4, 0.5) is 4.39 Å². The van der Waals surface area contributed by atoms with Gasteiger partial charge in [-0.2, -0.15) is 0 Å². The lowest BCUT2D eigenvalue weighted by atomic mass is 10.2. The van der Waals surface area contributed by atoms with Crippen LogP contribution in [-0.2, 0) is 16.6 Å². The van der Waals surface area contributed by atoms with Crippen LogP contribution in [0.1, 0.15) is 18.9 Å². The van der Waals surface area contributed by atoms with E-state index in [1.54, 1.807) is 6.07 Å². The van der Waals surface area contributed by atoms with Gasteiger partial charge in [-0.25, -0.2) is 17.5 Å². The van der Waals surface area contributed by atoms with Crippen molar-refractivity contribution in [1.82, 2.24) is 10.0 Å². The van der Waals surface area contributed by atoms with Gasteiger partial charge in [-0.05, 0) is 37.7 Å². The van der Waals surface area contributed by atoms with Crippen molar-refractivity contribution < 1.29 is 12.8 Å². The topological polar surface area (TPSA) is 58.2 Å². The molecule has 0 unspecified atom stereocenters. The minimum atomic E-state index is -3.72. The summed E-state index contributed by atoms with van der Waals surface area (Å²) in [4.78, 5) is -0.320. The van der Waals surface area contributed by atoms with E-state index in [-0.39, 0.29) is 4.90 Å². The van der Waals surface area contributed by atoms with Crippen molar-refractivity contribution in [1.29, 1.82) is 0 Å². The SMILES string of the molecule is CCCNCc1ccc(S(=O)(=O)NC)c(F)c1. The van der Waals surface area contributed by atoms with Gasteiger partial charge in [-0.1, -0.05) is 13.0 Å². The molecule has 0 radical (unpaired) electrons. The van der Waals surface area contributed by atoms with Crippen molar-refractivity contribution in [3.8, 4) is 0 Å². The molecule has 0 heterocycles. The van der Waals surface area contributed by atoms with Crippen LogP contribution in [0.2, 0.25) is 0 Å². The molecule has 0 spiro atoms. The molecule has 0 fully saturated rings. The molecule has 2 N–H and O–H groups in total. The Morgan fingerprint density at radius 1 is 1.35 bits per heavy atom. The number of benzene rings is 1. The van der Waals surface area contributed by atoms with Crippen molar-refractivity contribution in [2.75, 3.05) is 13.6 Å². The Morgan fingerprint density at radius 2 is 2.06 bits per heavy atom. The van der Waals surface area contributed by atoms with Crippen molar-refractivity contribution in [3.63, 3.8) is 0 Å². The molecule has 0 saturated carbocycles. The van der Waals surface area contributed by atoms with Gasteiger partial charge in [0.25, 0.3) is 0 Å². The summed E-state index contributed by atoms with van der Waals surface area (Å²) in [7, 11) is -2.46. The van der Waals surface area contributed by atoms with E-state index >= 15 is 0 Å². The first-order chi connectivity index (χ1) is 8.01. The average molecular weight is 260 g/mol. The Balaban J connectivity index is 2.87. The van der Waals surface area contributed by atoms with Crippen molar-refractivity contribution in [3.05, 3.63) is 29.6 Å². The highest BCUT2D eigenvalue weighted by atomic mass is 32.2. The lowest BCUT2D eigenvalue weighted by Gasteiger charge is -2.07. The molecule has 0 saturated heterocycles. The van der Waals surface area contributed by atoms with Crippen molar-refractivity contribution in [2.45, 2.75) is 24.8 Å². The Kier molecular flexibility index (Phi) is 5.04. The number of hydrogen-bond acceptors (Lipinski definition) is 3. The molecule has 6 heteroatoms. The quantitative estimate of drug-likeness (QED) is 0.756. The molecule has 0 amide bonds. The maximum Gasteiger partial charge on any atom is 0.243 e. The predicted molar refractivity (Wildman–Crippen MR) is 64.6 cm³/mol. The van der Waals surface area contributed by atoms with E-state index in [2.05, 4.69) is 10.0 Å². The molecule has 4 nitrogen and oxygen atoms in total. The van der Waals surface area contributed by atoms with E-state index in [1.807, 2.05) is 6.92 Å². The number of halogens is 1. The van der Waals surface area contributed by atoms with Crippen LogP contribution in [0.25, 0.3) is 0 Å². The van der Waals surface area contributed by atoms with Gasteiger partial charge in [0.15, 0.2) is 0 Å². The van der Waals surface area contributed by atoms with Crippen molar-refractivity contribution >= 4 is 10.0 Å². The number of sulfonamides is 1. The molecule has 0 aliphatic heterocycles. The maximum atomic E-state index is 13.6. The Morgan fingerprint density at radius 3 is 2.59 bits per heavy atom. The largest absolute Gasteiger partial charge is 0.313 e. The number of hydrogen-bond donors (Lipinski definition) is 2. The molecule has 1 aromatic rings. The van der Waals surface area contributed by atoms with Gasteiger partial charge in [-0.15, -0.1) is 0 Å². The summed E-state index contributed by atoms with van der Waals surface area (Å²) in [6.45, 7) is 3.42. The highest BCUT2D eigenvalue weighted by Gasteiger charge is 2.16. The maximum absolute atomic E-state index is 13.6. The second-order valence-electron chi connectivity index (χ2n) is 3.65. The smallest absolute Gasteiger partial charge is 0.243 e. The molecule has 0 atom stereocenters. The first kappa shape index (κ1) is 14.1. The number of rotatable bonds is 6. The Bertz CT molecular complexity index is 474. The highest BCUT2D eigenvalue weighted by molar-refractivity contribution is 7.89. The van der Waals surface area contributed by atoms with Crippen molar-refractivity contribution in [2.24, 2.45) is 0 Å². The second-order valence-corrected chi connectivity index (χ2v) is 5.50. The normalized spacial score (nSPS) is 11.7. The zero-order chi connectivity index (χ0) is 12.9. The fourth-order valence-electron chi connectivity index (χ4n) is 1.39. The Hall–Kier alpha value is -0.980. The van der Waals surface area contributed by atoms with Gasteiger partial charge in [-0.3, -0.25) is 0 Å². The predicted octanol–water partition coefficient (Wildman–Crippen LogP) is 1.23. The zero-order valence-corrected chi connectivity index (χ0v) is 10.8. The van der Waals surface area contributed by atoms with E-state index in [9.17, 15) is 12.8 Å². The van der Waals surface area contributed by atoms with Crippen LogP contribution in [-0.4, -0.2) is 22.0 Å². The molecule has 17 heavy (non-hydrogen) atoms. The van der Waals surface area contributed by atoms with Crippen LogP contribution < -0.4 is 10.0 Å². The molecule has 1 aromatic carbocycles. The average Bonchev–Trinajstić information content (AvgIpc) is 2.29. The molecular formula is C11H17FN2O2S. The third-order valence-corrected chi connectivity index (χ3v) is 3.76. The molecule has 0 bridgehead atoms. The minimum absolute atomic E-state index is 0.320. The van der Waals surface area contributed by atoms with Crippen LogP contribution in [0.5, 0.6) is 0 Å². The highest BCUT2D eigenvalue weighted by Crippen LogP contribution is 2.15. The summed E-state index contributed by atoms with van der Waals surface area (Å²) in [5.74, 6) is -0.727. The van der Waals surface area contributed by atoms with Gasteiger partial charge >= 0.3 is 0 Å². The third-order valence-electron chi connectivity index (χ3n) is 2.31. The lowest BCUT2D eigenvalue weighted by molar-refractivity contribution is 0.559. The second kappa shape index (κ2) is 6.09. The van der Waals surface area contributed by atoms with E-state index < -0.39 is 15.8 Å². The molecule has 0 aliphatic rings. The van der Waals surface area contributed by atoms with E-state index in [0.29, 0.717) is 6.54 Å². The third kappa shape index (κ3) is 3.76. The molecule has 1 rings (SSSR count). The van der Waals surface area contributed by atoms with Crippen LogP contribution in [0, 0.1) is 5.82 Å². The number of nitrogens with one attached hydrogen (secondary N) is 2. The molecule has 96 valence electrons. The standard InChI is InChI=1S/C11H17FN2O2S/c1-3-6-14-8-9-4-5-11(10(12)7-9)17(15,16)13-2/h4-5,7,13-14H,3,6,8H2,1-2H3. The zero-order valence-electron chi connectivity index (χ0n) is 9.96. The van der Waals surface area contributed by atoms with Gasteiger partial charge < -0.3 is 5.32 Å². The summed E-state index contributed by atoms with van der Waals surface area (Å²) >= 11 is 0. The van der Waals surface area contributed by atoms with Gasteiger partial charge in [0, 0.05) is 6.54 Å². The van der Waals surface area contributed by atoms with Gasteiger partial charge in [0.05, 0.1) is 0 Å². The first-order valence-corrected chi connectivity index (χ1v) is 6.92. The van der Waals surface area contributed by atoms with Crippen LogP contribution >= 0.6 is 0 Å². The van der Waals surface area contributed by atoms with Gasteiger partial charge in [0.1, 0.15) is 10.7 Å². The van der Waals surface area contributed by atoms with E-state index in [4.69, 9.17) is 0 Å². The van der Waals surface area contributed by atoms with Gasteiger partial charge in [0.2, 0.25) is 10.0 Å². The Labute approximate surface area is 101 Å². The van der Waals surface area contributed by atoms with Crippen LogP contribution in [0.3, 0.4) is 0 Å². The fourth-order valence-corrected chi connectivity index (χ4v) is 2.17. The minimum Gasteiger partial charge on any atom is -0.313 e. The lowest BCUT2D eigenvalue weighted by Crippen LogP contribution is -2.20. The summed E-state index contributed by atoms with van der Waals surface area (Å²) in [5, 5.41) is 3.12. The van der Waals surface area contributed by atoms with Crippen LogP contribution in [0.15, 0.2) is 23.1 Å². The van der Waals surface area contributed by atoms with E-state index in [0.717, 1.165) is 18.5 Å².